The number of sulfonamides is 1. The van der Waals surface area contributed by atoms with Crippen molar-refractivity contribution in [1.82, 2.24) is 0 Å². The van der Waals surface area contributed by atoms with E-state index in [2.05, 4.69) is 17.4 Å². The molecule has 160 valence electrons. The van der Waals surface area contributed by atoms with Gasteiger partial charge in [-0.05, 0) is 41.8 Å². The van der Waals surface area contributed by atoms with Crippen molar-refractivity contribution in [3.8, 4) is 5.75 Å². The first-order valence-electron chi connectivity index (χ1n) is 10.2. The fourth-order valence-electron chi connectivity index (χ4n) is 3.62. The van der Waals surface area contributed by atoms with Crippen molar-refractivity contribution in [3.63, 3.8) is 0 Å². The van der Waals surface area contributed by atoms with Crippen LogP contribution in [0, 0.1) is 0 Å². The molecule has 1 N–H and O–H groups in total. The summed E-state index contributed by atoms with van der Waals surface area (Å²) in [6, 6.07) is 24.6. The minimum atomic E-state index is -3.27. The van der Waals surface area contributed by atoms with Crippen molar-refractivity contribution >= 4 is 27.3 Å². The Morgan fingerprint density at radius 1 is 0.968 bits per heavy atom. The number of hydrogen-bond donors (Lipinski definition) is 1. The highest BCUT2D eigenvalue weighted by molar-refractivity contribution is 7.93. The lowest BCUT2D eigenvalue weighted by atomic mass is 10.0. The minimum absolute atomic E-state index is 0.141. The molecule has 0 radical (unpaired) electrons. The smallest absolute Gasteiger partial charge is 0.262 e. The predicted molar refractivity (Wildman–Crippen MR) is 122 cm³/mol. The van der Waals surface area contributed by atoms with Crippen LogP contribution in [0.2, 0.25) is 0 Å². The van der Waals surface area contributed by atoms with Gasteiger partial charge in [-0.15, -0.1) is 0 Å². The summed E-state index contributed by atoms with van der Waals surface area (Å²) in [5.74, 6) is 0.508. The largest absolute Gasteiger partial charge is 0.483 e. The highest BCUT2D eigenvalue weighted by Crippen LogP contribution is 2.26. The first-order chi connectivity index (χ1) is 15.0. The third-order valence-corrected chi connectivity index (χ3v) is 6.96. The monoisotopic (exact) mass is 436 g/mol. The van der Waals surface area contributed by atoms with Crippen molar-refractivity contribution in [2.75, 3.05) is 28.5 Å². The lowest BCUT2D eigenvalue weighted by molar-refractivity contribution is -0.118. The Kier molecular flexibility index (Phi) is 6.23. The van der Waals surface area contributed by atoms with Crippen LogP contribution in [0.3, 0.4) is 0 Å². The number of carbonyl (C=O) groups excluding carboxylic acids is 1. The predicted octanol–water partition coefficient (Wildman–Crippen LogP) is 3.83. The highest BCUT2D eigenvalue weighted by Gasteiger charge is 2.28. The van der Waals surface area contributed by atoms with E-state index in [9.17, 15) is 13.2 Å². The number of para-hydroxylation sites is 1. The van der Waals surface area contributed by atoms with Crippen LogP contribution in [-0.4, -0.2) is 33.2 Å². The second kappa shape index (κ2) is 9.22. The molecule has 1 fully saturated rings. The number of amides is 1. The first kappa shape index (κ1) is 20.9. The summed E-state index contributed by atoms with van der Waals surface area (Å²) < 4.78 is 31.4. The van der Waals surface area contributed by atoms with Crippen molar-refractivity contribution in [2.45, 2.75) is 12.8 Å². The summed E-state index contributed by atoms with van der Waals surface area (Å²) in [6.07, 6.45) is 1.32. The fraction of sp³-hybridized carbons (Fsp3) is 0.208. The molecule has 0 aliphatic carbocycles. The third kappa shape index (κ3) is 5.24. The molecule has 7 heteroatoms. The number of hydrogen-bond acceptors (Lipinski definition) is 4. The normalized spacial score (nSPS) is 14.9. The van der Waals surface area contributed by atoms with Gasteiger partial charge in [0, 0.05) is 18.7 Å². The summed E-state index contributed by atoms with van der Waals surface area (Å²) in [5, 5.41) is 2.79. The van der Waals surface area contributed by atoms with Gasteiger partial charge in [-0.1, -0.05) is 54.6 Å². The average molecular weight is 437 g/mol. The van der Waals surface area contributed by atoms with Crippen molar-refractivity contribution in [1.29, 1.82) is 0 Å². The van der Waals surface area contributed by atoms with E-state index in [0.29, 0.717) is 36.5 Å². The first-order valence-corrected chi connectivity index (χ1v) is 11.8. The van der Waals surface area contributed by atoms with Gasteiger partial charge in [0.1, 0.15) is 5.75 Å². The fourth-order valence-corrected chi connectivity index (χ4v) is 5.17. The van der Waals surface area contributed by atoms with E-state index in [-0.39, 0.29) is 18.3 Å². The van der Waals surface area contributed by atoms with Crippen LogP contribution in [0.4, 0.5) is 11.4 Å². The van der Waals surface area contributed by atoms with Gasteiger partial charge >= 0.3 is 0 Å². The van der Waals surface area contributed by atoms with Gasteiger partial charge in [0.15, 0.2) is 6.61 Å². The highest BCUT2D eigenvalue weighted by atomic mass is 32.2. The molecule has 0 unspecified atom stereocenters. The van der Waals surface area contributed by atoms with E-state index in [0.717, 1.165) is 11.1 Å². The number of carbonyl (C=O) groups is 1. The number of nitrogens with zero attached hydrogens (tertiary/aromatic N) is 1. The Hall–Kier alpha value is -3.32. The number of benzene rings is 3. The van der Waals surface area contributed by atoms with E-state index in [1.165, 1.54) is 4.31 Å². The van der Waals surface area contributed by atoms with Gasteiger partial charge in [-0.3, -0.25) is 9.10 Å². The Bertz CT molecular complexity index is 1160. The molecule has 1 heterocycles. The molecule has 3 aromatic carbocycles. The van der Waals surface area contributed by atoms with E-state index < -0.39 is 10.0 Å². The molecule has 4 rings (SSSR count). The number of anilines is 2. The van der Waals surface area contributed by atoms with E-state index >= 15 is 0 Å². The summed E-state index contributed by atoms with van der Waals surface area (Å²) in [7, 11) is -3.27. The van der Waals surface area contributed by atoms with E-state index in [4.69, 9.17) is 4.74 Å². The van der Waals surface area contributed by atoms with Gasteiger partial charge in [0.25, 0.3) is 5.91 Å². The molecule has 3 aromatic rings. The molecule has 31 heavy (non-hydrogen) atoms. The van der Waals surface area contributed by atoms with Crippen LogP contribution in [0.15, 0.2) is 78.9 Å². The Morgan fingerprint density at radius 2 is 1.74 bits per heavy atom. The Labute approximate surface area is 182 Å². The maximum Gasteiger partial charge on any atom is 0.262 e. The van der Waals surface area contributed by atoms with E-state index in [1.807, 2.05) is 42.5 Å². The van der Waals surface area contributed by atoms with Crippen LogP contribution >= 0.6 is 0 Å². The van der Waals surface area contributed by atoms with Gasteiger partial charge in [0.05, 0.1) is 11.4 Å². The van der Waals surface area contributed by atoms with Gasteiger partial charge in [-0.2, -0.15) is 0 Å². The lowest BCUT2D eigenvalue weighted by Gasteiger charge is -2.18. The molecule has 1 aliphatic rings. The second-order valence-corrected chi connectivity index (χ2v) is 9.41. The molecule has 0 atom stereocenters. The van der Waals surface area contributed by atoms with Crippen LogP contribution < -0.4 is 14.4 Å². The van der Waals surface area contributed by atoms with Crippen LogP contribution in [0.5, 0.6) is 5.75 Å². The van der Waals surface area contributed by atoms with Crippen LogP contribution in [-0.2, 0) is 21.2 Å². The minimum Gasteiger partial charge on any atom is -0.483 e. The number of ether oxygens (including phenoxy) is 1. The molecule has 0 saturated carbocycles. The summed E-state index contributed by atoms with van der Waals surface area (Å²) in [5.41, 5.74) is 3.26. The van der Waals surface area contributed by atoms with Crippen molar-refractivity contribution in [2.24, 2.45) is 0 Å². The van der Waals surface area contributed by atoms with Crippen molar-refractivity contribution < 1.29 is 17.9 Å². The van der Waals surface area contributed by atoms with Crippen molar-refractivity contribution in [3.05, 3.63) is 90.0 Å². The lowest BCUT2D eigenvalue weighted by Crippen LogP contribution is -2.25. The van der Waals surface area contributed by atoms with Crippen LogP contribution in [0.25, 0.3) is 0 Å². The van der Waals surface area contributed by atoms with Gasteiger partial charge in [0.2, 0.25) is 10.0 Å². The SMILES string of the molecule is O=C(COc1ccccc1Cc1ccccc1)Nc1cccc(N2CCCS2(=O)=O)c1. The number of nitrogens with one attached hydrogen (secondary N) is 1. The summed E-state index contributed by atoms with van der Waals surface area (Å²) in [4.78, 5) is 12.4. The molecule has 1 amide bonds. The molecule has 6 nitrogen and oxygen atoms in total. The summed E-state index contributed by atoms with van der Waals surface area (Å²) in [6.45, 7) is 0.319. The van der Waals surface area contributed by atoms with Gasteiger partial charge in [-0.25, -0.2) is 8.42 Å². The van der Waals surface area contributed by atoms with Gasteiger partial charge < -0.3 is 10.1 Å². The number of rotatable bonds is 7. The topological polar surface area (TPSA) is 75.7 Å². The molecule has 0 spiro atoms. The molecule has 1 aliphatic heterocycles. The molecule has 0 aromatic heterocycles. The Balaban J connectivity index is 1.39. The van der Waals surface area contributed by atoms with Crippen LogP contribution in [0.1, 0.15) is 17.5 Å². The molecular formula is C24H24N2O4S. The third-order valence-electron chi connectivity index (χ3n) is 5.09. The quantitative estimate of drug-likeness (QED) is 0.611. The molecular weight excluding hydrogens is 412 g/mol. The summed E-state index contributed by atoms with van der Waals surface area (Å²) >= 11 is 0. The molecule has 0 bridgehead atoms. The zero-order valence-corrected chi connectivity index (χ0v) is 17.8. The zero-order valence-electron chi connectivity index (χ0n) is 17.0. The second-order valence-electron chi connectivity index (χ2n) is 7.40. The maximum atomic E-state index is 12.4. The zero-order chi connectivity index (χ0) is 21.7. The standard InChI is InChI=1S/C24H24N2O4S/c27-24(25-21-11-6-12-22(17-21)26-14-7-15-31(26,28)29)18-30-23-13-5-4-10-20(23)16-19-8-2-1-3-9-19/h1-6,8-13,17H,7,14-16,18H2,(H,25,27). The van der Waals surface area contributed by atoms with E-state index in [1.54, 1.807) is 24.3 Å². The molecule has 1 saturated heterocycles. The average Bonchev–Trinajstić information content (AvgIpc) is 3.13. The Morgan fingerprint density at radius 3 is 2.52 bits per heavy atom. The maximum absolute atomic E-state index is 12.4.